The van der Waals surface area contributed by atoms with E-state index in [0.29, 0.717) is 27.1 Å². The van der Waals surface area contributed by atoms with Crippen LogP contribution in [0, 0.1) is 5.92 Å². The van der Waals surface area contributed by atoms with Crippen molar-refractivity contribution in [2.24, 2.45) is 5.92 Å². The standard InChI is InChI=1S/C18H20ClN3O2S/c1-20-10-12-6-7-22(11-12)18(24)13-4-5-14(19)15(9-13)21-17(23)16-3-2-8-25-16/h2-5,8-9,12,20H,6-7,10-11H2,1H3,(H,21,23). The average molecular weight is 378 g/mol. The molecule has 3 rings (SSSR count). The first-order valence-corrected chi connectivity index (χ1v) is 9.42. The van der Waals surface area contributed by atoms with Crippen LogP contribution in [0.15, 0.2) is 35.7 Å². The number of nitrogens with zero attached hydrogens (tertiary/aromatic N) is 1. The zero-order chi connectivity index (χ0) is 17.8. The molecule has 2 N–H and O–H groups in total. The highest BCUT2D eigenvalue weighted by Crippen LogP contribution is 2.26. The number of amides is 2. The number of carbonyl (C=O) groups is 2. The third kappa shape index (κ3) is 4.21. The number of nitrogens with one attached hydrogen (secondary N) is 2. The molecule has 25 heavy (non-hydrogen) atoms. The number of halogens is 1. The van der Waals surface area contributed by atoms with E-state index in [0.717, 1.165) is 26.1 Å². The molecule has 1 aromatic carbocycles. The summed E-state index contributed by atoms with van der Waals surface area (Å²) in [7, 11) is 1.92. The lowest BCUT2D eigenvalue weighted by Crippen LogP contribution is -2.30. The van der Waals surface area contributed by atoms with E-state index in [1.807, 2.05) is 23.4 Å². The topological polar surface area (TPSA) is 61.4 Å². The fourth-order valence-electron chi connectivity index (χ4n) is 3.00. The van der Waals surface area contributed by atoms with Crippen molar-refractivity contribution in [3.05, 3.63) is 51.2 Å². The molecule has 1 saturated heterocycles. The summed E-state index contributed by atoms with van der Waals surface area (Å²) in [5, 5.41) is 8.20. The summed E-state index contributed by atoms with van der Waals surface area (Å²) >= 11 is 7.54. The first kappa shape index (κ1) is 17.9. The number of carbonyl (C=O) groups excluding carboxylic acids is 2. The van der Waals surface area contributed by atoms with Crippen LogP contribution in [0.25, 0.3) is 0 Å². The lowest BCUT2D eigenvalue weighted by atomic mass is 10.1. The van der Waals surface area contributed by atoms with Crippen molar-refractivity contribution >= 4 is 40.4 Å². The molecule has 1 aliphatic heterocycles. The minimum absolute atomic E-state index is 0.0260. The van der Waals surface area contributed by atoms with Gasteiger partial charge in [-0.3, -0.25) is 9.59 Å². The van der Waals surface area contributed by atoms with Crippen LogP contribution in [0.1, 0.15) is 26.5 Å². The molecule has 2 amide bonds. The molecule has 1 aromatic heterocycles. The Kier molecular flexibility index (Phi) is 5.73. The molecule has 1 fully saturated rings. The molecule has 2 aromatic rings. The van der Waals surface area contributed by atoms with Gasteiger partial charge in [-0.05, 0) is 55.6 Å². The third-order valence-electron chi connectivity index (χ3n) is 4.27. The summed E-state index contributed by atoms with van der Waals surface area (Å²) in [4.78, 5) is 27.4. The molecular weight excluding hydrogens is 358 g/mol. The first-order valence-electron chi connectivity index (χ1n) is 8.16. The first-order chi connectivity index (χ1) is 12.1. The fraction of sp³-hybridized carbons (Fsp3) is 0.333. The van der Waals surface area contributed by atoms with Crippen molar-refractivity contribution in [3.8, 4) is 0 Å². The zero-order valence-electron chi connectivity index (χ0n) is 13.9. The third-order valence-corrected chi connectivity index (χ3v) is 5.47. The van der Waals surface area contributed by atoms with Crippen molar-refractivity contribution in [3.63, 3.8) is 0 Å². The van der Waals surface area contributed by atoms with Gasteiger partial charge in [-0.1, -0.05) is 17.7 Å². The van der Waals surface area contributed by atoms with Crippen LogP contribution in [-0.2, 0) is 0 Å². The van der Waals surface area contributed by atoms with Gasteiger partial charge in [0.05, 0.1) is 15.6 Å². The number of rotatable bonds is 5. The van der Waals surface area contributed by atoms with Gasteiger partial charge in [0.25, 0.3) is 11.8 Å². The van der Waals surface area contributed by atoms with Crippen LogP contribution in [0.2, 0.25) is 5.02 Å². The smallest absolute Gasteiger partial charge is 0.265 e. The van der Waals surface area contributed by atoms with Gasteiger partial charge < -0.3 is 15.5 Å². The van der Waals surface area contributed by atoms with E-state index in [1.165, 1.54) is 11.3 Å². The lowest BCUT2D eigenvalue weighted by molar-refractivity contribution is 0.0787. The Bertz CT molecular complexity index is 764. The van der Waals surface area contributed by atoms with Crippen molar-refractivity contribution in [2.45, 2.75) is 6.42 Å². The summed E-state index contributed by atoms with van der Waals surface area (Å²) in [6.07, 6.45) is 1.00. The molecule has 5 nitrogen and oxygen atoms in total. The summed E-state index contributed by atoms with van der Waals surface area (Å²) in [5.74, 6) is 0.234. The molecular formula is C18H20ClN3O2S. The molecule has 0 radical (unpaired) electrons. The quantitative estimate of drug-likeness (QED) is 0.840. The Morgan fingerprint density at radius 2 is 2.20 bits per heavy atom. The number of benzene rings is 1. The molecule has 1 atom stereocenters. The van der Waals surface area contributed by atoms with Crippen molar-refractivity contribution in [2.75, 3.05) is 32.0 Å². The molecule has 0 saturated carbocycles. The molecule has 0 bridgehead atoms. The molecule has 1 unspecified atom stereocenters. The van der Waals surface area contributed by atoms with Gasteiger partial charge in [-0.2, -0.15) is 0 Å². The van der Waals surface area contributed by atoms with E-state index in [4.69, 9.17) is 11.6 Å². The van der Waals surface area contributed by atoms with Gasteiger partial charge in [-0.15, -0.1) is 11.3 Å². The summed E-state index contributed by atoms with van der Waals surface area (Å²) in [6.45, 7) is 2.41. The highest BCUT2D eigenvalue weighted by atomic mass is 35.5. The average Bonchev–Trinajstić information content (AvgIpc) is 3.28. The predicted octanol–water partition coefficient (Wildman–Crippen LogP) is 3.34. The van der Waals surface area contributed by atoms with Gasteiger partial charge >= 0.3 is 0 Å². The van der Waals surface area contributed by atoms with E-state index in [-0.39, 0.29) is 11.8 Å². The van der Waals surface area contributed by atoms with E-state index in [2.05, 4.69) is 10.6 Å². The Labute approximate surface area is 156 Å². The van der Waals surface area contributed by atoms with Crippen LogP contribution in [-0.4, -0.2) is 43.4 Å². The summed E-state index contributed by atoms with van der Waals surface area (Å²) < 4.78 is 0. The van der Waals surface area contributed by atoms with E-state index in [1.54, 1.807) is 24.3 Å². The normalized spacial score (nSPS) is 16.9. The fourth-order valence-corrected chi connectivity index (χ4v) is 3.78. The summed E-state index contributed by atoms with van der Waals surface area (Å²) in [5.41, 5.74) is 0.993. The number of anilines is 1. The zero-order valence-corrected chi connectivity index (χ0v) is 15.5. The monoisotopic (exact) mass is 377 g/mol. The SMILES string of the molecule is CNCC1CCN(C(=O)c2ccc(Cl)c(NC(=O)c3cccs3)c2)C1. The van der Waals surface area contributed by atoms with Gasteiger partial charge in [-0.25, -0.2) is 0 Å². The van der Waals surface area contributed by atoms with Crippen molar-refractivity contribution < 1.29 is 9.59 Å². The number of thiophene rings is 1. The largest absolute Gasteiger partial charge is 0.338 e. The maximum Gasteiger partial charge on any atom is 0.265 e. The van der Waals surface area contributed by atoms with Gasteiger partial charge in [0, 0.05) is 18.7 Å². The van der Waals surface area contributed by atoms with Crippen LogP contribution >= 0.6 is 22.9 Å². The maximum absolute atomic E-state index is 12.7. The van der Waals surface area contributed by atoms with Crippen LogP contribution in [0.4, 0.5) is 5.69 Å². The predicted molar refractivity (Wildman–Crippen MR) is 102 cm³/mol. The summed E-state index contributed by atoms with van der Waals surface area (Å²) in [6, 6.07) is 8.57. The minimum Gasteiger partial charge on any atom is -0.338 e. The Hall–Kier alpha value is -1.89. The molecule has 0 spiro atoms. The van der Waals surface area contributed by atoms with E-state index >= 15 is 0 Å². The highest BCUT2D eigenvalue weighted by Gasteiger charge is 2.26. The molecule has 132 valence electrons. The molecule has 7 heteroatoms. The second kappa shape index (κ2) is 7.99. The molecule has 2 heterocycles. The van der Waals surface area contributed by atoms with Gasteiger partial charge in [0.1, 0.15) is 0 Å². The Morgan fingerprint density at radius 1 is 1.36 bits per heavy atom. The van der Waals surface area contributed by atoms with Crippen LogP contribution in [0.3, 0.4) is 0 Å². The minimum atomic E-state index is -0.225. The number of hydrogen-bond donors (Lipinski definition) is 2. The Morgan fingerprint density at radius 3 is 2.92 bits per heavy atom. The van der Waals surface area contributed by atoms with Crippen molar-refractivity contribution in [1.82, 2.24) is 10.2 Å². The van der Waals surface area contributed by atoms with E-state index < -0.39 is 0 Å². The molecule has 1 aliphatic rings. The molecule has 0 aliphatic carbocycles. The van der Waals surface area contributed by atoms with Gasteiger partial charge in [0.2, 0.25) is 0 Å². The maximum atomic E-state index is 12.7. The van der Waals surface area contributed by atoms with E-state index in [9.17, 15) is 9.59 Å². The highest BCUT2D eigenvalue weighted by molar-refractivity contribution is 7.12. The van der Waals surface area contributed by atoms with Crippen LogP contribution < -0.4 is 10.6 Å². The van der Waals surface area contributed by atoms with Crippen molar-refractivity contribution in [1.29, 1.82) is 0 Å². The second-order valence-corrected chi connectivity index (χ2v) is 7.44. The number of likely N-dealkylation sites (tertiary alicyclic amines) is 1. The lowest BCUT2D eigenvalue weighted by Gasteiger charge is -2.17. The second-order valence-electron chi connectivity index (χ2n) is 6.09. The number of hydrogen-bond acceptors (Lipinski definition) is 4. The van der Waals surface area contributed by atoms with Crippen LogP contribution in [0.5, 0.6) is 0 Å². The Balaban J connectivity index is 1.73. The van der Waals surface area contributed by atoms with Gasteiger partial charge in [0.15, 0.2) is 0 Å².